The van der Waals surface area contributed by atoms with Gasteiger partial charge in [0, 0.05) is 23.9 Å². The van der Waals surface area contributed by atoms with E-state index < -0.39 is 0 Å². The van der Waals surface area contributed by atoms with Crippen LogP contribution >= 0.6 is 0 Å². The molecule has 0 bridgehead atoms. The Morgan fingerprint density at radius 3 is 2.11 bits per heavy atom. The molecule has 0 aromatic heterocycles. The molecule has 3 heteroatoms. The third kappa shape index (κ3) is 2.97. The van der Waals surface area contributed by atoms with Crippen molar-refractivity contribution in [3.63, 3.8) is 0 Å². The van der Waals surface area contributed by atoms with Crippen molar-refractivity contribution in [3.05, 3.63) is 90.0 Å². The van der Waals surface area contributed by atoms with Crippen LogP contribution in [0.3, 0.4) is 0 Å². The van der Waals surface area contributed by atoms with E-state index in [0.717, 1.165) is 35.7 Å². The Balaban J connectivity index is 1.56. The number of rotatable bonds is 3. The first kappa shape index (κ1) is 15.8. The molecule has 4 aromatic carbocycles. The summed E-state index contributed by atoms with van der Waals surface area (Å²) in [5, 5.41) is 8.22. The molecular weight excluding hydrogens is 330 g/mol. The standard InChI is InChI=1S/C24H19N3/c1-3-7-21-18(5-1)15-19-6-2-4-8-22(19)23(21)16-27-20-11-9-17(10-12-20)24-25-13-14-26-24/h1-12,15-16H,13-14H2,(H,25,26). The molecule has 0 spiro atoms. The van der Waals surface area contributed by atoms with Gasteiger partial charge < -0.3 is 5.32 Å². The molecule has 1 aliphatic heterocycles. The van der Waals surface area contributed by atoms with Crippen molar-refractivity contribution in [2.75, 3.05) is 13.1 Å². The fourth-order valence-corrected chi connectivity index (χ4v) is 3.62. The van der Waals surface area contributed by atoms with Crippen LogP contribution in [0.2, 0.25) is 0 Å². The Labute approximate surface area is 158 Å². The lowest BCUT2D eigenvalue weighted by molar-refractivity contribution is 0.960. The lowest BCUT2D eigenvalue weighted by Gasteiger charge is -2.08. The first-order valence-electron chi connectivity index (χ1n) is 9.22. The maximum atomic E-state index is 4.76. The van der Waals surface area contributed by atoms with Crippen molar-refractivity contribution in [1.29, 1.82) is 0 Å². The second-order valence-electron chi connectivity index (χ2n) is 6.69. The van der Waals surface area contributed by atoms with E-state index in [1.165, 1.54) is 21.5 Å². The fourth-order valence-electron chi connectivity index (χ4n) is 3.62. The Morgan fingerprint density at radius 2 is 1.48 bits per heavy atom. The molecule has 0 saturated heterocycles. The molecule has 0 unspecified atom stereocenters. The van der Waals surface area contributed by atoms with Crippen LogP contribution in [-0.2, 0) is 0 Å². The van der Waals surface area contributed by atoms with Gasteiger partial charge in [-0.3, -0.25) is 9.98 Å². The lowest BCUT2D eigenvalue weighted by Crippen LogP contribution is -2.19. The zero-order chi connectivity index (χ0) is 18.1. The lowest BCUT2D eigenvalue weighted by atomic mass is 9.97. The van der Waals surface area contributed by atoms with Crippen LogP contribution in [0.4, 0.5) is 5.69 Å². The highest BCUT2D eigenvalue weighted by Gasteiger charge is 2.08. The first-order chi connectivity index (χ1) is 13.4. The Hall–Kier alpha value is -3.46. The zero-order valence-corrected chi connectivity index (χ0v) is 14.9. The number of fused-ring (bicyclic) bond motifs is 2. The summed E-state index contributed by atoms with van der Waals surface area (Å²) >= 11 is 0. The molecule has 1 aliphatic rings. The Kier molecular flexibility index (Phi) is 3.91. The summed E-state index contributed by atoms with van der Waals surface area (Å²) in [6, 6.07) is 27.4. The highest BCUT2D eigenvalue weighted by molar-refractivity contribution is 6.13. The molecule has 4 aromatic rings. The monoisotopic (exact) mass is 349 g/mol. The molecule has 0 radical (unpaired) electrons. The summed E-state index contributed by atoms with van der Waals surface area (Å²) in [7, 11) is 0. The van der Waals surface area contributed by atoms with Gasteiger partial charge in [-0.15, -0.1) is 0 Å². The highest BCUT2D eigenvalue weighted by Crippen LogP contribution is 2.28. The largest absolute Gasteiger partial charge is 0.368 e. The van der Waals surface area contributed by atoms with Crippen molar-refractivity contribution >= 4 is 39.3 Å². The number of amidine groups is 1. The zero-order valence-electron chi connectivity index (χ0n) is 14.9. The number of aliphatic imine (C=N–C) groups is 2. The molecule has 1 N–H and O–H groups in total. The maximum Gasteiger partial charge on any atom is 0.128 e. The Morgan fingerprint density at radius 1 is 0.815 bits per heavy atom. The summed E-state index contributed by atoms with van der Waals surface area (Å²) in [5.74, 6) is 0.977. The number of benzene rings is 4. The van der Waals surface area contributed by atoms with Gasteiger partial charge in [0.05, 0.1) is 12.2 Å². The van der Waals surface area contributed by atoms with E-state index in [9.17, 15) is 0 Å². The molecule has 3 nitrogen and oxygen atoms in total. The average molecular weight is 349 g/mol. The fraction of sp³-hybridized carbons (Fsp3) is 0.0833. The molecule has 0 saturated carbocycles. The van der Waals surface area contributed by atoms with E-state index in [1.54, 1.807) is 0 Å². The van der Waals surface area contributed by atoms with E-state index in [4.69, 9.17) is 4.99 Å². The third-order valence-electron chi connectivity index (χ3n) is 4.97. The molecule has 27 heavy (non-hydrogen) atoms. The number of hydrogen-bond acceptors (Lipinski definition) is 3. The number of nitrogens with zero attached hydrogens (tertiary/aromatic N) is 2. The molecule has 0 atom stereocenters. The van der Waals surface area contributed by atoms with Gasteiger partial charge >= 0.3 is 0 Å². The quantitative estimate of drug-likeness (QED) is 0.406. The van der Waals surface area contributed by atoms with E-state index in [-0.39, 0.29) is 0 Å². The molecule has 5 rings (SSSR count). The summed E-state index contributed by atoms with van der Waals surface area (Å²) < 4.78 is 0. The van der Waals surface area contributed by atoms with Crippen molar-refractivity contribution in [2.45, 2.75) is 0 Å². The number of nitrogens with one attached hydrogen (secondary N) is 1. The van der Waals surface area contributed by atoms with Gasteiger partial charge in [0.15, 0.2) is 0 Å². The highest BCUT2D eigenvalue weighted by atomic mass is 15.1. The van der Waals surface area contributed by atoms with Gasteiger partial charge in [0.2, 0.25) is 0 Å². The SMILES string of the molecule is C(=Nc1ccc(C2=NCCN2)cc1)c1c2ccccc2cc2ccccc12. The van der Waals surface area contributed by atoms with Crippen molar-refractivity contribution < 1.29 is 0 Å². The minimum atomic E-state index is 0.851. The van der Waals surface area contributed by atoms with E-state index in [1.807, 2.05) is 18.3 Å². The van der Waals surface area contributed by atoms with Gasteiger partial charge in [-0.2, -0.15) is 0 Å². The summed E-state index contributed by atoms with van der Waals surface area (Å²) in [5.41, 5.74) is 3.21. The van der Waals surface area contributed by atoms with Crippen molar-refractivity contribution in [3.8, 4) is 0 Å². The molecular formula is C24H19N3. The van der Waals surface area contributed by atoms with Crippen LogP contribution in [0.15, 0.2) is 88.8 Å². The summed E-state index contributed by atoms with van der Waals surface area (Å²) in [6.07, 6.45) is 1.99. The molecule has 0 aliphatic carbocycles. The van der Waals surface area contributed by atoms with Crippen LogP contribution in [0, 0.1) is 0 Å². The summed E-state index contributed by atoms with van der Waals surface area (Å²) in [4.78, 5) is 9.22. The minimum absolute atomic E-state index is 0.851. The normalized spacial score (nSPS) is 14.0. The smallest absolute Gasteiger partial charge is 0.128 e. The predicted molar refractivity (Wildman–Crippen MR) is 115 cm³/mol. The van der Waals surface area contributed by atoms with Crippen molar-refractivity contribution in [1.82, 2.24) is 5.32 Å². The van der Waals surface area contributed by atoms with Crippen molar-refractivity contribution in [2.24, 2.45) is 9.98 Å². The van der Waals surface area contributed by atoms with Gasteiger partial charge in [-0.05, 0) is 51.9 Å². The maximum absolute atomic E-state index is 4.76. The predicted octanol–water partition coefficient (Wildman–Crippen LogP) is 5.09. The van der Waals surface area contributed by atoms with Crippen LogP contribution < -0.4 is 5.32 Å². The topological polar surface area (TPSA) is 36.8 Å². The molecule has 130 valence electrons. The Bertz CT molecular complexity index is 1130. The molecule has 1 heterocycles. The van der Waals surface area contributed by atoms with E-state index >= 15 is 0 Å². The van der Waals surface area contributed by atoms with Gasteiger partial charge in [-0.1, -0.05) is 48.5 Å². The van der Waals surface area contributed by atoms with Crippen LogP contribution in [-0.4, -0.2) is 25.1 Å². The summed E-state index contributed by atoms with van der Waals surface area (Å²) in [6.45, 7) is 1.77. The average Bonchev–Trinajstić information content (AvgIpc) is 3.26. The van der Waals surface area contributed by atoms with E-state index in [0.29, 0.717) is 0 Å². The molecule has 0 amide bonds. The van der Waals surface area contributed by atoms with Gasteiger partial charge in [0.1, 0.15) is 5.84 Å². The second-order valence-corrected chi connectivity index (χ2v) is 6.69. The van der Waals surface area contributed by atoms with E-state index in [2.05, 4.69) is 77.0 Å². The van der Waals surface area contributed by atoms with Gasteiger partial charge in [-0.25, -0.2) is 0 Å². The second kappa shape index (κ2) is 6.69. The van der Waals surface area contributed by atoms with Gasteiger partial charge in [0.25, 0.3) is 0 Å². The first-order valence-corrected chi connectivity index (χ1v) is 9.22. The van der Waals surface area contributed by atoms with Crippen LogP contribution in [0.1, 0.15) is 11.1 Å². The minimum Gasteiger partial charge on any atom is -0.368 e. The third-order valence-corrected chi connectivity index (χ3v) is 4.97. The molecule has 0 fully saturated rings. The number of hydrogen-bond donors (Lipinski definition) is 1. The van der Waals surface area contributed by atoms with Crippen LogP contribution in [0.25, 0.3) is 21.5 Å². The van der Waals surface area contributed by atoms with Crippen LogP contribution in [0.5, 0.6) is 0 Å².